The first-order valence-electron chi connectivity index (χ1n) is 11.8. The number of fused-ring (bicyclic) bond motifs is 1. The van der Waals surface area contributed by atoms with Crippen LogP contribution >= 0.6 is 11.3 Å². The second kappa shape index (κ2) is 9.75. The molecule has 0 spiro atoms. The summed E-state index contributed by atoms with van der Waals surface area (Å²) in [6.45, 7) is 5.68. The summed E-state index contributed by atoms with van der Waals surface area (Å²) in [6, 6.07) is 11.3. The molecule has 1 aromatic carbocycles. The van der Waals surface area contributed by atoms with Gasteiger partial charge in [0.05, 0.1) is 36.7 Å². The van der Waals surface area contributed by atoms with Gasteiger partial charge in [0.25, 0.3) is 5.78 Å². The molecule has 11 heteroatoms. The van der Waals surface area contributed by atoms with E-state index in [0.717, 1.165) is 11.3 Å². The molecular weight excluding hydrogens is 508 g/mol. The summed E-state index contributed by atoms with van der Waals surface area (Å²) in [4.78, 5) is 49.6. The van der Waals surface area contributed by atoms with Crippen LogP contribution in [0, 0.1) is 13.8 Å². The molecule has 3 aromatic heterocycles. The number of benzene rings is 1. The Labute approximate surface area is 221 Å². The van der Waals surface area contributed by atoms with Gasteiger partial charge in [-0.3, -0.25) is 18.9 Å². The van der Waals surface area contributed by atoms with Crippen LogP contribution < -0.4 is 9.64 Å². The third kappa shape index (κ3) is 4.01. The highest BCUT2D eigenvalue weighted by Crippen LogP contribution is 2.44. The molecule has 0 aliphatic carbocycles. The maximum Gasteiger partial charge on any atom is 0.350 e. The molecule has 1 amide bonds. The summed E-state index contributed by atoms with van der Waals surface area (Å²) in [5, 5.41) is 11.7. The fourth-order valence-electron chi connectivity index (χ4n) is 4.55. The molecule has 1 fully saturated rings. The Balaban J connectivity index is 1.74. The SMILES string of the molecule is CCOc1ccc(C2/C(=C(\O)c3c(C)nc4ccccn34)C(=O)C(=O)N2c2nc(C)c(C(=O)OC)s2)cc1. The average molecular weight is 533 g/mol. The zero-order valence-corrected chi connectivity index (χ0v) is 21.9. The molecule has 1 aliphatic heterocycles. The fourth-order valence-corrected chi connectivity index (χ4v) is 5.56. The fraction of sp³-hybridized carbons (Fsp3) is 0.222. The zero-order chi connectivity index (χ0) is 27.1. The number of esters is 1. The van der Waals surface area contributed by atoms with E-state index in [4.69, 9.17) is 9.47 Å². The van der Waals surface area contributed by atoms with E-state index in [9.17, 15) is 19.5 Å². The van der Waals surface area contributed by atoms with Crippen LogP contribution in [-0.4, -0.2) is 50.9 Å². The van der Waals surface area contributed by atoms with E-state index >= 15 is 0 Å². The smallest absolute Gasteiger partial charge is 0.350 e. The molecule has 1 saturated heterocycles. The number of ether oxygens (including phenoxy) is 2. The first-order valence-corrected chi connectivity index (χ1v) is 12.6. The van der Waals surface area contributed by atoms with Crippen LogP contribution in [0.25, 0.3) is 11.4 Å². The summed E-state index contributed by atoms with van der Waals surface area (Å²) in [5.41, 5.74) is 2.18. The lowest BCUT2D eigenvalue weighted by molar-refractivity contribution is -0.132. The molecule has 10 nitrogen and oxygen atoms in total. The maximum absolute atomic E-state index is 13.5. The highest BCUT2D eigenvalue weighted by Gasteiger charge is 2.49. The van der Waals surface area contributed by atoms with Gasteiger partial charge in [-0.05, 0) is 50.6 Å². The van der Waals surface area contributed by atoms with Crippen molar-refractivity contribution in [2.75, 3.05) is 18.6 Å². The number of anilines is 1. The summed E-state index contributed by atoms with van der Waals surface area (Å²) in [7, 11) is 1.26. The van der Waals surface area contributed by atoms with E-state index in [1.807, 2.05) is 13.0 Å². The van der Waals surface area contributed by atoms with Crippen molar-refractivity contribution in [2.45, 2.75) is 26.8 Å². The summed E-state index contributed by atoms with van der Waals surface area (Å²) in [5.74, 6) is -2.09. The van der Waals surface area contributed by atoms with Gasteiger partial charge >= 0.3 is 11.9 Å². The topological polar surface area (TPSA) is 123 Å². The third-order valence-corrected chi connectivity index (χ3v) is 7.38. The Morgan fingerprint density at radius 2 is 1.82 bits per heavy atom. The molecule has 0 radical (unpaired) electrons. The number of hydrogen-bond acceptors (Lipinski definition) is 9. The first kappa shape index (κ1) is 25.2. The highest BCUT2D eigenvalue weighted by molar-refractivity contribution is 7.17. The van der Waals surface area contributed by atoms with E-state index in [-0.39, 0.29) is 21.3 Å². The molecule has 1 atom stereocenters. The summed E-state index contributed by atoms with van der Waals surface area (Å²) in [6.07, 6.45) is 1.72. The number of carbonyl (C=O) groups is 3. The van der Waals surface area contributed by atoms with Gasteiger partial charge in [-0.15, -0.1) is 0 Å². The quantitative estimate of drug-likeness (QED) is 0.169. The minimum absolute atomic E-state index is 0.111. The first-order chi connectivity index (χ1) is 18.3. The molecule has 5 rings (SSSR count). The van der Waals surface area contributed by atoms with Crippen LogP contribution in [-0.2, 0) is 14.3 Å². The molecular formula is C27H24N4O6S. The molecule has 0 bridgehead atoms. The van der Waals surface area contributed by atoms with Gasteiger partial charge in [-0.1, -0.05) is 29.5 Å². The highest BCUT2D eigenvalue weighted by atomic mass is 32.1. The number of pyridine rings is 1. The normalized spacial score (nSPS) is 16.8. The number of aryl methyl sites for hydroxylation is 2. The van der Waals surface area contributed by atoms with Crippen LogP contribution in [0.15, 0.2) is 54.2 Å². The van der Waals surface area contributed by atoms with Crippen molar-refractivity contribution in [3.8, 4) is 5.75 Å². The molecule has 4 heterocycles. The minimum Gasteiger partial charge on any atom is -0.505 e. The Morgan fingerprint density at radius 3 is 2.50 bits per heavy atom. The van der Waals surface area contributed by atoms with E-state index < -0.39 is 23.7 Å². The van der Waals surface area contributed by atoms with Crippen molar-refractivity contribution in [3.05, 3.63) is 81.8 Å². The van der Waals surface area contributed by atoms with Crippen LogP contribution in [0.1, 0.15) is 45.3 Å². The number of ketones is 1. The van der Waals surface area contributed by atoms with Crippen molar-refractivity contribution in [3.63, 3.8) is 0 Å². The number of aliphatic hydroxyl groups excluding tert-OH is 1. The van der Waals surface area contributed by atoms with Crippen molar-refractivity contribution in [1.29, 1.82) is 0 Å². The lowest BCUT2D eigenvalue weighted by Crippen LogP contribution is -2.29. The predicted molar refractivity (Wildman–Crippen MR) is 141 cm³/mol. The molecule has 1 aliphatic rings. The van der Waals surface area contributed by atoms with Crippen molar-refractivity contribution in [2.24, 2.45) is 0 Å². The second-order valence-electron chi connectivity index (χ2n) is 8.55. The van der Waals surface area contributed by atoms with Crippen LogP contribution in [0.2, 0.25) is 0 Å². The second-order valence-corrected chi connectivity index (χ2v) is 9.53. The molecule has 4 aromatic rings. The summed E-state index contributed by atoms with van der Waals surface area (Å²) < 4.78 is 12.1. The zero-order valence-electron chi connectivity index (χ0n) is 21.1. The lowest BCUT2D eigenvalue weighted by Gasteiger charge is -2.23. The number of carbonyl (C=O) groups excluding carboxylic acids is 3. The number of imidazole rings is 1. The number of hydrogen-bond donors (Lipinski definition) is 1. The minimum atomic E-state index is -1.02. The Morgan fingerprint density at radius 1 is 1.08 bits per heavy atom. The van der Waals surface area contributed by atoms with Gasteiger partial charge in [-0.25, -0.2) is 14.8 Å². The summed E-state index contributed by atoms with van der Waals surface area (Å²) >= 11 is 0.943. The largest absolute Gasteiger partial charge is 0.505 e. The molecule has 0 saturated carbocycles. The maximum atomic E-state index is 13.5. The van der Waals surface area contributed by atoms with Crippen molar-refractivity contribution < 1.29 is 29.0 Å². The number of rotatable bonds is 6. The number of aliphatic hydroxyl groups is 1. The van der Waals surface area contributed by atoms with Crippen molar-refractivity contribution >= 4 is 45.5 Å². The Kier molecular flexibility index (Phi) is 6.45. The standard InChI is InChI=1S/C27H24N4O6S/c1-5-37-17-11-9-16(10-12-17)21-19(22(32)20-14(2)28-18-8-6-7-13-30(18)20)23(33)25(34)31(21)27-29-15(3)24(38-27)26(35)36-4/h6-13,21,32H,5H2,1-4H3/b22-19+. The third-order valence-electron chi connectivity index (χ3n) is 6.24. The van der Waals surface area contributed by atoms with Gasteiger partial charge in [0.15, 0.2) is 10.9 Å². The van der Waals surface area contributed by atoms with Crippen molar-refractivity contribution in [1.82, 2.24) is 14.4 Å². The van der Waals surface area contributed by atoms with E-state index in [1.165, 1.54) is 12.0 Å². The van der Waals surface area contributed by atoms with Crippen LogP contribution in [0.3, 0.4) is 0 Å². The van der Waals surface area contributed by atoms with Crippen LogP contribution in [0.5, 0.6) is 5.75 Å². The molecule has 1 unspecified atom stereocenters. The Hall–Kier alpha value is -4.51. The molecule has 1 N–H and O–H groups in total. The lowest BCUT2D eigenvalue weighted by atomic mass is 9.96. The monoisotopic (exact) mass is 532 g/mol. The number of nitrogens with zero attached hydrogens (tertiary/aromatic N) is 4. The van der Waals surface area contributed by atoms with E-state index in [1.54, 1.807) is 60.8 Å². The predicted octanol–water partition coefficient (Wildman–Crippen LogP) is 4.22. The molecule has 194 valence electrons. The van der Waals surface area contributed by atoms with Gasteiger partial charge in [0, 0.05) is 6.20 Å². The van der Waals surface area contributed by atoms with Gasteiger partial charge < -0.3 is 14.6 Å². The number of methoxy groups -OCH3 is 1. The average Bonchev–Trinajstić information content (AvgIpc) is 3.54. The van der Waals surface area contributed by atoms with Crippen LogP contribution in [0.4, 0.5) is 5.13 Å². The van der Waals surface area contributed by atoms with Gasteiger partial charge in [-0.2, -0.15) is 0 Å². The van der Waals surface area contributed by atoms with E-state index in [0.29, 0.717) is 40.6 Å². The Bertz CT molecular complexity index is 1620. The number of amides is 1. The number of aromatic nitrogens is 3. The van der Waals surface area contributed by atoms with Gasteiger partial charge in [0.1, 0.15) is 22.0 Å². The van der Waals surface area contributed by atoms with Gasteiger partial charge in [0.2, 0.25) is 0 Å². The molecule has 38 heavy (non-hydrogen) atoms. The number of thiazole rings is 1. The number of Topliss-reactive ketones (excluding diaryl/α,β-unsaturated/α-hetero) is 1. The van der Waals surface area contributed by atoms with E-state index in [2.05, 4.69) is 9.97 Å².